The van der Waals surface area contributed by atoms with Crippen LogP contribution < -0.4 is 10.9 Å². The van der Waals surface area contributed by atoms with Gasteiger partial charge in [0.1, 0.15) is 12.1 Å². The first-order valence-electron chi connectivity index (χ1n) is 9.78. The van der Waals surface area contributed by atoms with Crippen molar-refractivity contribution in [3.8, 4) is 11.3 Å². The van der Waals surface area contributed by atoms with E-state index in [4.69, 9.17) is 16.3 Å². The number of aromatic nitrogens is 4. The lowest BCUT2D eigenvalue weighted by Crippen LogP contribution is -2.13. The molecule has 9 nitrogen and oxygen atoms in total. The van der Waals surface area contributed by atoms with Gasteiger partial charge in [0, 0.05) is 25.0 Å². The van der Waals surface area contributed by atoms with Crippen molar-refractivity contribution in [3.63, 3.8) is 0 Å². The van der Waals surface area contributed by atoms with Gasteiger partial charge in [0.2, 0.25) is 0 Å². The van der Waals surface area contributed by atoms with Gasteiger partial charge < -0.3 is 19.9 Å². The Labute approximate surface area is 192 Å². The van der Waals surface area contributed by atoms with Gasteiger partial charge in [0.25, 0.3) is 5.56 Å². The van der Waals surface area contributed by atoms with Gasteiger partial charge in [-0.1, -0.05) is 17.7 Å². The third kappa shape index (κ3) is 4.57. The SMILES string of the molecule is COC(=O)COCc1ccc(Cl)c(F)c1Nc1ccnc2ccc(-c3c[nH]n(C)c3=O)nc12. The fourth-order valence-electron chi connectivity index (χ4n) is 3.21. The minimum absolute atomic E-state index is 0.0629. The summed E-state index contributed by atoms with van der Waals surface area (Å²) < 4.78 is 26.2. The number of H-pyrrole nitrogens is 1. The van der Waals surface area contributed by atoms with Crippen molar-refractivity contribution in [2.45, 2.75) is 6.61 Å². The first-order chi connectivity index (χ1) is 15.9. The van der Waals surface area contributed by atoms with Crippen LogP contribution in [0, 0.1) is 5.82 Å². The van der Waals surface area contributed by atoms with Gasteiger partial charge in [0.15, 0.2) is 5.82 Å². The molecule has 0 amide bonds. The van der Waals surface area contributed by atoms with Gasteiger partial charge in [-0.05, 0) is 24.3 Å². The van der Waals surface area contributed by atoms with Gasteiger partial charge >= 0.3 is 5.97 Å². The summed E-state index contributed by atoms with van der Waals surface area (Å²) in [6.07, 6.45) is 3.12. The standard InChI is InChI=1S/C22H19ClFN5O4/c1-29-22(31)13(9-26-29)15-5-6-16-21(27-15)17(7-8-25-16)28-20-12(3-4-14(23)19(20)24)10-33-11-18(30)32-2/h3-9,26H,10-11H2,1-2H3,(H,25,28). The zero-order chi connectivity index (χ0) is 23.5. The molecule has 33 heavy (non-hydrogen) atoms. The molecule has 0 bridgehead atoms. The molecular weight excluding hydrogens is 453 g/mol. The van der Waals surface area contributed by atoms with Crippen LogP contribution >= 0.6 is 11.6 Å². The summed E-state index contributed by atoms with van der Waals surface area (Å²) >= 11 is 6.00. The second-order valence-corrected chi connectivity index (χ2v) is 7.47. The van der Waals surface area contributed by atoms with Crippen LogP contribution in [0.5, 0.6) is 0 Å². The fraction of sp³-hybridized carbons (Fsp3) is 0.182. The van der Waals surface area contributed by atoms with E-state index in [0.29, 0.717) is 33.5 Å². The molecule has 0 aliphatic carbocycles. The van der Waals surface area contributed by atoms with Crippen molar-refractivity contribution in [2.24, 2.45) is 7.05 Å². The van der Waals surface area contributed by atoms with Crippen LogP contribution in [-0.2, 0) is 27.9 Å². The van der Waals surface area contributed by atoms with Crippen LogP contribution in [0.15, 0.2) is 47.5 Å². The third-order valence-electron chi connectivity index (χ3n) is 4.94. The molecule has 11 heteroatoms. The van der Waals surface area contributed by atoms with Crippen LogP contribution in [0.4, 0.5) is 15.8 Å². The number of carbonyl (C=O) groups excluding carboxylic acids is 1. The van der Waals surface area contributed by atoms with Crippen LogP contribution in [0.3, 0.4) is 0 Å². The van der Waals surface area contributed by atoms with Crippen molar-refractivity contribution in [1.82, 2.24) is 19.7 Å². The molecular formula is C22H19ClFN5O4. The van der Waals surface area contributed by atoms with Crippen molar-refractivity contribution in [2.75, 3.05) is 19.0 Å². The van der Waals surface area contributed by atoms with Crippen molar-refractivity contribution >= 4 is 40.0 Å². The highest BCUT2D eigenvalue weighted by molar-refractivity contribution is 6.31. The topological polar surface area (TPSA) is 111 Å². The minimum atomic E-state index is -0.684. The summed E-state index contributed by atoms with van der Waals surface area (Å²) in [5.41, 5.74) is 2.52. The molecule has 0 aliphatic heterocycles. The summed E-state index contributed by atoms with van der Waals surface area (Å²) in [5.74, 6) is -1.23. The maximum absolute atomic E-state index is 15.0. The Morgan fingerprint density at radius 2 is 2.09 bits per heavy atom. The number of pyridine rings is 2. The van der Waals surface area contributed by atoms with E-state index in [1.54, 1.807) is 43.7 Å². The number of esters is 1. The number of anilines is 2. The van der Waals surface area contributed by atoms with E-state index in [1.807, 2.05) is 0 Å². The summed E-state index contributed by atoms with van der Waals surface area (Å²) in [6, 6.07) is 8.05. The van der Waals surface area contributed by atoms with Gasteiger partial charge in [-0.2, -0.15) is 0 Å². The van der Waals surface area contributed by atoms with E-state index >= 15 is 0 Å². The quantitative estimate of drug-likeness (QED) is 0.396. The van der Waals surface area contributed by atoms with E-state index in [9.17, 15) is 14.0 Å². The zero-order valence-electron chi connectivity index (χ0n) is 17.7. The van der Waals surface area contributed by atoms with Gasteiger partial charge in [-0.15, -0.1) is 0 Å². The number of methoxy groups -OCH3 is 1. The number of hydrogen-bond donors (Lipinski definition) is 2. The van der Waals surface area contributed by atoms with E-state index in [2.05, 4.69) is 25.1 Å². The molecule has 4 rings (SSSR count). The number of hydrogen-bond acceptors (Lipinski definition) is 7. The molecule has 0 saturated carbocycles. The fourth-order valence-corrected chi connectivity index (χ4v) is 3.36. The Hall–Kier alpha value is -3.76. The Balaban J connectivity index is 1.73. The average molecular weight is 472 g/mol. The number of nitrogens with zero attached hydrogens (tertiary/aromatic N) is 3. The Bertz CT molecular complexity index is 1400. The number of fused-ring (bicyclic) bond motifs is 1. The smallest absolute Gasteiger partial charge is 0.331 e. The lowest BCUT2D eigenvalue weighted by atomic mass is 10.1. The van der Waals surface area contributed by atoms with Crippen LogP contribution in [0.1, 0.15) is 5.56 Å². The third-order valence-corrected chi connectivity index (χ3v) is 5.24. The number of carbonyl (C=O) groups is 1. The van der Waals surface area contributed by atoms with Crippen LogP contribution in [-0.4, -0.2) is 39.4 Å². The lowest BCUT2D eigenvalue weighted by Gasteiger charge is -2.15. The summed E-state index contributed by atoms with van der Waals surface area (Å²) in [7, 11) is 2.85. The molecule has 0 fully saturated rings. The van der Waals surface area contributed by atoms with Gasteiger partial charge in [-0.25, -0.2) is 14.2 Å². The number of aryl methyl sites for hydroxylation is 1. The molecule has 3 aromatic heterocycles. The van der Waals surface area contributed by atoms with Crippen LogP contribution in [0.2, 0.25) is 5.02 Å². The lowest BCUT2D eigenvalue weighted by molar-refractivity contribution is -0.146. The normalized spacial score (nSPS) is 11.0. The van der Waals surface area contributed by atoms with E-state index in [-0.39, 0.29) is 29.5 Å². The molecule has 2 N–H and O–H groups in total. The van der Waals surface area contributed by atoms with Crippen molar-refractivity contribution in [3.05, 3.63) is 69.5 Å². The minimum Gasteiger partial charge on any atom is -0.467 e. The highest BCUT2D eigenvalue weighted by atomic mass is 35.5. The maximum atomic E-state index is 15.0. The van der Waals surface area contributed by atoms with Gasteiger partial charge in [0.05, 0.1) is 46.9 Å². The zero-order valence-corrected chi connectivity index (χ0v) is 18.4. The van der Waals surface area contributed by atoms with Crippen LogP contribution in [0.25, 0.3) is 22.3 Å². The largest absolute Gasteiger partial charge is 0.467 e. The van der Waals surface area contributed by atoms with E-state index < -0.39 is 11.8 Å². The monoisotopic (exact) mass is 471 g/mol. The van der Waals surface area contributed by atoms with E-state index in [0.717, 1.165) is 0 Å². The molecule has 0 radical (unpaired) electrons. The Morgan fingerprint density at radius 1 is 1.27 bits per heavy atom. The molecule has 1 aromatic carbocycles. The summed E-state index contributed by atoms with van der Waals surface area (Å²) in [6.45, 7) is -0.346. The number of rotatable bonds is 7. The van der Waals surface area contributed by atoms with E-state index in [1.165, 1.54) is 17.9 Å². The first-order valence-corrected chi connectivity index (χ1v) is 10.2. The highest BCUT2D eigenvalue weighted by Gasteiger charge is 2.16. The molecule has 0 saturated heterocycles. The Morgan fingerprint density at radius 3 is 2.82 bits per heavy atom. The molecule has 0 unspecified atom stereocenters. The number of ether oxygens (including phenoxy) is 2. The maximum Gasteiger partial charge on any atom is 0.331 e. The second-order valence-electron chi connectivity index (χ2n) is 7.06. The van der Waals surface area contributed by atoms with Gasteiger partial charge in [-0.3, -0.25) is 14.5 Å². The highest BCUT2D eigenvalue weighted by Crippen LogP contribution is 2.32. The van der Waals surface area contributed by atoms with Crippen molar-refractivity contribution < 1.29 is 18.7 Å². The molecule has 170 valence electrons. The number of aromatic amines is 1. The molecule has 0 spiro atoms. The first kappa shape index (κ1) is 22.4. The average Bonchev–Trinajstić information content (AvgIpc) is 3.16. The number of halogens is 2. The summed E-state index contributed by atoms with van der Waals surface area (Å²) in [5, 5.41) is 5.75. The summed E-state index contributed by atoms with van der Waals surface area (Å²) in [4.78, 5) is 32.5. The second kappa shape index (κ2) is 9.39. The molecule has 4 aromatic rings. The van der Waals surface area contributed by atoms with Crippen molar-refractivity contribution in [1.29, 1.82) is 0 Å². The number of nitrogens with one attached hydrogen (secondary N) is 2. The Kier molecular flexibility index (Phi) is 6.38. The predicted octanol–water partition coefficient (Wildman–Crippen LogP) is 3.55. The molecule has 0 aliphatic rings. The molecule has 3 heterocycles. The molecule has 0 atom stereocenters. The number of benzene rings is 1. The predicted molar refractivity (Wildman–Crippen MR) is 121 cm³/mol.